The van der Waals surface area contributed by atoms with E-state index in [1.165, 1.54) is 0 Å². The number of rotatable bonds is 3. The summed E-state index contributed by atoms with van der Waals surface area (Å²) >= 11 is 0. The van der Waals surface area contributed by atoms with Crippen LogP contribution >= 0.6 is 12.4 Å². The molecule has 0 radical (unpaired) electrons. The van der Waals surface area contributed by atoms with E-state index in [1.807, 2.05) is 6.92 Å². The van der Waals surface area contributed by atoms with E-state index < -0.39 is 23.6 Å². The fourth-order valence-corrected chi connectivity index (χ4v) is 1.47. The van der Waals surface area contributed by atoms with Crippen LogP contribution in [0.4, 0.5) is 17.6 Å². The van der Waals surface area contributed by atoms with Crippen molar-refractivity contribution in [1.82, 2.24) is 0 Å². The highest BCUT2D eigenvalue weighted by Gasteiger charge is 2.31. The molecule has 0 saturated heterocycles. The molecule has 0 aliphatic heterocycles. The number of halogens is 5. The summed E-state index contributed by atoms with van der Waals surface area (Å²) in [4.78, 5) is 0. The van der Waals surface area contributed by atoms with Crippen LogP contribution in [-0.2, 0) is 6.18 Å². The number of alkyl halides is 3. The van der Waals surface area contributed by atoms with E-state index in [1.54, 1.807) is 0 Å². The predicted octanol–water partition coefficient (Wildman–Crippen LogP) is 4.07. The molecule has 0 heterocycles. The molecule has 1 aromatic rings. The largest absolute Gasteiger partial charge is 0.416 e. The lowest BCUT2D eigenvalue weighted by Gasteiger charge is -2.14. The Morgan fingerprint density at radius 1 is 1.24 bits per heavy atom. The maximum atomic E-state index is 13.0. The molecule has 0 aliphatic carbocycles. The summed E-state index contributed by atoms with van der Waals surface area (Å²) in [5.74, 6) is -0.906. The molecule has 1 aromatic carbocycles. The summed E-state index contributed by atoms with van der Waals surface area (Å²) in [5, 5.41) is 0. The molecule has 0 aromatic heterocycles. The minimum atomic E-state index is -4.54. The lowest BCUT2D eigenvalue weighted by Crippen LogP contribution is -2.13. The van der Waals surface area contributed by atoms with Crippen molar-refractivity contribution in [2.45, 2.75) is 32.0 Å². The summed E-state index contributed by atoms with van der Waals surface area (Å²) in [6.45, 7) is 1.86. The van der Waals surface area contributed by atoms with Crippen LogP contribution in [0.2, 0.25) is 0 Å². The quantitative estimate of drug-likeness (QED) is 0.824. The van der Waals surface area contributed by atoms with E-state index in [4.69, 9.17) is 5.73 Å². The molecule has 1 atom stereocenters. The Morgan fingerprint density at radius 2 is 1.82 bits per heavy atom. The zero-order valence-corrected chi connectivity index (χ0v) is 10.0. The molecule has 0 bridgehead atoms. The minimum Gasteiger partial charge on any atom is -0.324 e. The van der Waals surface area contributed by atoms with Gasteiger partial charge in [-0.3, -0.25) is 0 Å². The first-order chi connectivity index (χ1) is 7.34. The molecule has 1 rings (SSSR count). The van der Waals surface area contributed by atoms with Crippen LogP contribution in [0.25, 0.3) is 0 Å². The Kier molecular flexibility index (Phi) is 5.92. The third-order valence-electron chi connectivity index (χ3n) is 2.28. The maximum absolute atomic E-state index is 13.0. The molecule has 17 heavy (non-hydrogen) atoms. The molecule has 0 saturated carbocycles. The molecule has 0 unspecified atom stereocenters. The lowest BCUT2D eigenvalue weighted by atomic mass is 10.0. The molecule has 6 heteroatoms. The van der Waals surface area contributed by atoms with Gasteiger partial charge < -0.3 is 5.73 Å². The van der Waals surface area contributed by atoms with Crippen molar-refractivity contribution in [3.63, 3.8) is 0 Å². The highest BCUT2D eigenvalue weighted by atomic mass is 35.5. The average Bonchev–Trinajstić information content (AvgIpc) is 2.16. The lowest BCUT2D eigenvalue weighted by molar-refractivity contribution is -0.137. The zero-order chi connectivity index (χ0) is 12.3. The van der Waals surface area contributed by atoms with Gasteiger partial charge in [0.25, 0.3) is 0 Å². The second-order valence-electron chi connectivity index (χ2n) is 3.67. The maximum Gasteiger partial charge on any atom is 0.416 e. The van der Waals surface area contributed by atoms with E-state index in [0.717, 1.165) is 18.6 Å². The first kappa shape index (κ1) is 16.2. The highest BCUT2D eigenvalue weighted by Crippen LogP contribution is 2.31. The predicted molar refractivity (Wildman–Crippen MR) is 60.5 cm³/mol. The van der Waals surface area contributed by atoms with Crippen LogP contribution in [0.3, 0.4) is 0 Å². The first-order valence-corrected chi connectivity index (χ1v) is 4.98. The van der Waals surface area contributed by atoms with E-state index in [0.29, 0.717) is 12.5 Å². The minimum absolute atomic E-state index is 0. The fraction of sp³-hybridized carbons (Fsp3) is 0.455. The number of hydrogen-bond acceptors (Lipinski definition) is 1. The van der Waals surface area contributed by atoms with Crippen molar-refractivity contribution in [3.8, 4) is 0 Å². The summed E-state index contributed by atoms with van der Waals surface area (Å²) < 4.78 is 50.2. The second kappa shape index (κ2) is 6.21. The van der Waals surface area contributed by atoms with Gasteiger partial charge in [0.15, 0.2) is 0 Å². The first-order valence-electron chi connectivity index (χ1n) is 4.98. The molecular formula is C11H14ClF4N. The van der Waals surface area contributed by atoms with Gasteiger partial charge in [-0.15, -0.1) is 12.4 Å². The highest BCUT2D eigenvalue weighted by molar-refractivity contribution is 5.85. The van der Waals surface area contributed by atoms with Crippen molar-refractivity contribution >= 4 is 12.4 Å². The van der Waals surface area contributed by atoms with Gasteiger partial charge in [0.1, 0.15) is 5.82 Å². The van der Waals surface area contributed by atoms with Crippen molar-refractivity contribution in [3.05, 3.63) is 35.1 Å². The summed E-state index contributed by atoms with van der Waals surface area (Å²) in [6.07, 6.45) is -3.28. The van der Waals surface area contributed by atoms with Crippen molar-refractivity contribution in [2.24, 2.45) is 5.73 Å². The van der Waals surface area contributed by atoms with Crippen molar-refractivity contribution < 1.29 is 17.6 Å². The van der Waals surface area contributed by atoms with Crippen LogP contribution in [0, 0.1) is 5.82 Å². The third-order valence-corrected chi connectivity index (χ3v) is 2.28. The molecular weight excluding hydrogens is 258 g/mol. The second-order valence-corrected chi connectivity index (χ2v) is 3.67. The fourth-order valence-electron chi connectivity index (χ4n) is 1.47. The van der Waals surface area contributed by atoms with Gasteiger partial charge in [-0.1, -0.05) is 13.3 Å². The van der Waals surface area contributed by atoms with Crippen LogP contribution in [0.1, 0.15) is 36.9 Å². The molecule has 1 nitrogen and oxygen atoms in total. The summed E-state index contributed by atoms with van der Waals surface area (Å²) in [6, 6.07) is 1.88. The Hall–Kier alpha value is -0.810. The van der Waals surface area contributed by atoms with E-state index >= 15 is 0 Å². The molecule has 0 aliphatic rings. The standard InChI is InChI=1S/C11H13F4N.ClH/c1-2-3-10(16)7-4-8(11(13,14)15)6-9(12)5-7;/h4-6,10H,2-3,16H2,1H3;1H/t10-;/m0./s1. The number of benzene rings is 1. The number of hydrogen-bond donors (Lipinski definition) is 1. The Bertz CT molecular complexity index is 365. The molecule has 0 fully saturated rings. The van der Waals surface area contributed by atoms with Gasteiger partial charge in [0.05, 0.1) is 5.56 Å². The van der Waals surface area contributed by atoms with Gasteiger partial charge in [-0.2, -0.15) is 13.2 Å². The van der Waals surface area contributed by atoms with Gasteiger partial charge >= 0.3 is 6.18 Å². The molecule has 2 N–H and O–H groups in total. The van der Waals surface area contributed by atoms with Crippen LogP contribution in [-0.4, -0.2) is 0 Å². The normalized spacial score (nSPS) is 13.1. The summed E-state index contributed by atoms with van der Waals surface area (Å²) in [5.41, 5.74) is 4.85. The Balaban J connectivity index is 0.00000256. The molecule has 0 amide bonds. The monoisotopic (exact) mass is 271 g/mol. The number of nitrogens with two attached hydrogens (primary N) is 1. The van der Waals surface area contributed by atoms with E-state index in [9.17, 15) is 17.6 Å². The van der Waals surface area contributed by atoms with Crippen molar-refractivity contribution in [2.75, 3.05) is 0 Å². The van der Waals surface area contributed by atoms with Crippen molar-refractivity contribution in [1.29, 1.82) is 0 Å². The van der Waals surface area contributed by atoms with E-state index in [2.05, 4.69) is 0 Å². The third kappa shape index (κ3) is 4.52. The average molecular weight is 272 g/mol. The van der Waals surface area contributed by atoms with E-state index in [-0.39, 0.29) is 18.0 Å². The topological polar surface area (TPSA) is 26.0 Å². The van der Waals surface area contributed by atoms with Gasteiger partial charge in [-0.25, -0.2) is 4.39 Å². The zero-order valence-electron chi connectivity index (χ0n) is 9.22. The Labute approximate surface area is 103 Å². The van der Waals surface area contributed by atoms with Crippen LogP contribution < -0.4 is 5.73 Å². The van der Waals surface area contributed by atoms with Crippen LogP contribution in [0.15, 0.2) is 18.2 Å². The van der Waals surface area contributed by atoms with Gasteiger partial charge in [0.2, 0.25) is 0 Å². The smallest absolute Gasteiger partial charge is 0.324 e. The van der Waals surface area contributed by atoms with Gasteiger partial charge in [0, 0.05) is 6.04 Å². The molecule has 0 spiro atoms. The van der Waals surface area contributed by atoms with Crippen LogP contribution in [0.5, 0.6) is 0 Å². The molecule has 98 valence electrons. The summed E-state index contributed by atoms with van der Waals surface area (Å²) in [7, 11) is 0. The van der Waals surface area contributed by atoms with Gasteiger partial charge in [-0.05, 0) is 30.2 Å². The Morgan fingerprint density at radius 3 is 2.29 bits per heavy atom. The SMILES string of the molecule is CCC[C@H](N)c1cc(F)cc(C(F)(F)F)c1.Cl.